The summed E-state index contributed by atoms with van der Waals surface area (Å²) < 4.78 is 18.0. The topological polar surface area (TPSA) is 27.7 Å². The van der Waals surface area contributed by atoms with E-state index in [1.165, 1.54) is 121 Å². The highest BCUT2D eigenvalue weighted by atomic mass is 79.9. The molecule has 6 heteroatoms. The summed E-state index contributed by atoms with van der Waals surface area (Å²) in [6, 6.07) is 0.912. The first-order valence-electron chi connectivity index (χ1n) is 13.6. The van der Waals surface area contributed by atoms with E-state index in [9.17, 15) is 0 Å². The lowest BCUT2D eigenvalue weighted by molar-refractivity contribution is -0.925. The molecule has 32 heavy (non-hydrogen) atoms. The standard InChI is InChI=1S/C26H58NO3Si.BrH/c1-7-10-11-12-13-14-15-16-17-18-19-20-21-22-24-27(8-2,9-3)25-23-26-31(28-4,29-5)30-6;/h7-26H2,1-6H3;1H/q+1;/p-1. The van der Waals surface area contributed by atoms with Crippen molar-refractivity contribution >= 4 is 8.80 Å². The summed E-state index contributed by atoms with van der Waals surface area (Å²) in [6.45, 7) is 11.9. The molecule has 0 aromatic rings. The normalized spacial score (nSPS) is 12.2. The molecular weight excluding hydrogens is 482 g/mol. The first-order chi connectivity index (χ1) is 15.1. The zero-order valence-corrected chi connectivity index (χ0v) is 25.3. The maximum atomic E-state index is 5.59. The summed E-state index contributed by atoms with van der Waals surface area (Å²) in [5.41, 5.74) is 0. The van der Waals surface area contributed by atoms with E-state index >= 15 is 0 Å². The highest BCUT2D eigenvalue weighted by Gasteiger charge is 2.38. The summed E-state index contributed by atoms with van der Waals surface area (Å²) in [5.74, 6) is 0. The van der Waals surface area contributed by atoms with Crippen LogP contribution in [0, 0.1) is 0 Å². The first-order valence-corrected chi connectivity index (χ1v) is 15.5. The summed E-state index contributed by atoms with van der Waals surface area (Å²) in [5, 5.41) is 0. The predicted octanol–water partition coefficient (Wildman–Crippen LogP) is 4.60. The Balaban J connectivity index is 0. The highest BCUT2D eigenvalue weighted by Crippen LogP contribution is 2.19. The smallest absolute Gasteiger partial charge is 0.500 e. The molecule has 0 spiro atoms. The molecule has 0 N–H and O–H groups in total. The lowest BCUT2D eigenvalue weighted by atomic mass is 10.0. The molecule has 0 heterocycles. The van der Waals surface area contributed by atoms with E-state index in [0.717, 1.165) is 12.5 Å². The predicted molar refractivity (Wildman–Crippen MR) is 138 cm³/mol. The Morgan fingerprint density at radius 1 is 0.500 bits per heavy atom. The van der Waals surface area contributed by atoms with Crippen molar-refractivity contribution < 1.29 is 34.7 Å². The van der Waals surface area contributed by atoms with Crippen LogP contribution in [0.1, 0.15) is 117 Å². The van der Waals surface area contributed by atoms with Crippen LogP contribution in [0.15, 0.2) is 0 Å². The van der Waals surface area contributed by atoms with Crippen LogP contribution in [0.5, 0.6) is 0 Å². The Kier molecular flexibility index (Phi) is 25.3. The summed E-state index contributed by atoms with van der Waals surface area (Å²) in [4.78, 5) is 0. The van der Waals surface area contributed by atoms with Gasteiger partial charge >= 0.3 is 8.80 Å². The second kappa shape index (κ2) is 23.3. The Labute approximate surface area is 213 Å². The molecule has 196 valence electrons. The zero-order valence-electron chi connectivity index (χ0n) is 22.7. The number of unbranched alkanes of at least 4 members (excludes halogenated alkanes) is 13. The van der Waals surface area contributed by atoms with Crippen LogP contribution in [-0.4, -0.2) is 60.8 Å². The number of quaternary nitrogens is 1. The Bertz CT molecular complexity index is 372. The highest BCUT2D eigenvalue weighted by molar-refractivity contribution is 6.60. The van der Waals surface area contributed by atoms with Crippen LogP contribution in [0.2, 0.25) is 6.04 Å². The monoisotopic (exact) mass is 539 g/mol. The Morgan fingerprint density at radius 3 is 1.19 bits per heavy atom. The van der Waals surface area contributed by atoms with Gasteiger partial charge in [-0.25, -0.2) is 0 Å². The van der Waals surface area contributed by atoms with E-state index in [4.69, 9.17) is 13.3 Å². The molecule has 0 bridgehead atoms. The van der Waals surface area contributed by atoms with Crippen LogP contribution in [0.3, 0.4) is 0 Å². The van der Waals surface area contributed by atoms with Gasteiger partial charge < -0.3 is 34.7 Å². The van der Waals surface area contributed by atoms with E-state index in [0.29, 0.717) is 0 Å². The Morgan fingerprint density at radius 2 is 0.844 bits per heavy atom. The van der Waals surface area contributed by atoms with Crippen molar-refractivity contribution in [3.63, 3.8) is 0 Å². The summed E-state index contributed by atoms with van der Waals surface area (Å²) in [7, 11) is 2.73. The molecule has 0 amide bonds. The third-order valence-electron chi connectivity index (χ3n) is 7.38. The van der Waals surface area contributed by atoms with Gasteiger partial charge in [-0.05, 0) is 26.7 Å². The van der Waals surface area contributed by atoms with Crippen LogP contribution >= 0.6 is 0 Å². The average Bonchev–Trinajstić information content (AvgIpc) is 2.81. The van der Waals surface area contributed by atoms with Crippen molar-refractivity contribution in [3.05, 3.63) is 0 Å². The van der Waals surface area contributed by atoms with Gasteiger partial charge in [0.25, 0.3) is 0 Å². The first kappa shape index (κ1) is 34.7. The van der Waals surface area contributed by atoms with Crippen molar-refractivity contribution in [1.29, 1.82) is 0 Å². The molecule has 0 unspecified atom stereocenters. The molecule has 0 aromatic carbocycles. The van der Waals surface area contributed by atoms with Gasteiger partial charge in [-0.2, -0.15) is 0 Å². The van der Waals surface area contributed by atoms with Gasteiger partial charge in [0, 0.05) is 33.8 Å². The fourth-order valence-electron chi connectivity index (χ4n) is 4.80. The van der Waals surface area contributed by atoms with Crippen LogP contribution in [0.4, 0.5) is 0 Å². The van der Waals surface area contributed by atoms with Gasteiger partial charge in [0.1, 0.15) is 0 Å². The molecule has 0 aliphatic heterocycles. The number of hydrogen-bond donors (Lipinski definition) is 0. The van der Waals surface area contributed by atoms with Crippen molar-refractivity contribution in [1.82, 2.24) is 0 Å². The number of hydrogen-bond acceptors (Lipinski definition) is 3. The van der Waals surface area contributed by atoms with E-state index in [1.54, 1.807) is 21.3 Å². The molecule has 0 saturated heterocycles. The lowest BCUT2D eigenvalue weighted by Crippen LogP contribution is -3.00. The third kappa shape index (κ3) is 16.2. The van der Waals surface area contributed by atoms with Gasteiger partial charge in [-0.15, -0.1) is 0 Å². The van der Waals surface area contributed by atoms with Gasteiger partial charge in [-0.1, -0.05) is 84.0 Å². The minimum Gasteiger partial charge on any atom is -1.00 e. The van der Waals surface area contributed by atoms with Crippen molar-refractivity contribution in [2.45, 2.75) is 123 Å². The fourth-order valence-corrected chi connectivity index (χ4v) is 6.50. The van der Waals surface area contributed by atoms with E-state index < -0.39 is 8.80 Å². The van der Waals surface area contributed by atoms with E-state index in [2.05, 4.69) is 20.8 Å². The number of rotatable bonds is 24. The molecule has 4 nitrogen and oxygen atoms in total. The Hall–Kier alpha value is 0.537. The van der Waals surface area contributed by atoms with E-state index in [-0.39, 0.29) is 17.0 Å². The minimum absolute atomic E-state index is 0. The van der Waals surface area contributed by atoms with Crippen molar-refractivity contribution in [2.75, 3.05) is 47.5 Å². The SMILES string of the molecule is CCCCCCCCCCCCCCCC[N+](CC)(CC)CCC[Si](OC)(OC)OC.[Br-]. The van der Waals surface area contributed by atoms with Crippen LogP contribution < -0.4 is 17.0 Å². The third-order valence-corrected chi connectivity index (χ3v) is 10.2. The summed E-state index contributed by atoms with van der Waals surface area (Å²) in [6.07, 6.45) is 21.1. The molecule has 0 aliphatic rings. The fraction of sp³-hybridized carbons (Fsp3) is 1.00. The van der Waals surface area contributed by atoms with Crippen molar-refractivity contribution in [3.8, 4) is 0 Å². The molecule has 0 rings (SSSR count). The molecule has 0 aromatic heterocycles. The molecule has 0 atom stereocenters. The largest absolute Gasteiger partial charge is 1.00 e. The van der Waals surface area contributed by atoms with E-state index in [1.807, 2.05) is 0 Å². The zero-order chi connectivity index (χ0) is 23.3. The van der Waals surface area contributed by atoms with Gasteiger partial charge in [-0.3, -0.25) is 0 Å². The van der Waals surface area contributed by atoms with Crippen LogP contribution in [-0.2, 0) is 13.3 Å². The molecule has 0 fully saturated rings. The molecule has 0 aliphatic carbocycles. The second-order valence-corrected chi connectivity index (χ2v) is 12.5. The quantitative estimate of drug-likeness (QED) is 0.102. The lowest BCUT2D eigenvalue weighted by Gasteiger charge is -2.38. The maximum absolute atomic E-state index is 5.59. The molecular formula is C26H58BrNO3Si. The van der Waals surface area contributed by atoms with Crippen LogP contribution in [0.25, 0.3) is 0 Å². The number of halogens is 1. The second-order valence-electron chi connectivity index (χ2n) is 9.42. The maximum Gasteiger partial charge on any atom is 0.500 e. The summed E-state index contributed by atoms with van der Waals surface area (Å²) >= 11 is 0. The van der Waals surface area contributed by atoms with Gasteiger partial charge in [0.05, 0.1) is 26.2 Å². The molecule has 0 saturated carbocycles. The minimum atomic E-state index is -2.43. The number of nitrogens with zero attached hydrogens (tertiary/aromatic N) is 1. The van der Waals surface area contributed by atoms with Crippen molar-refractivity contribution in [2.24, 2.45) is 0 Å². The van der Waals surface area contributed by atoms with Gasteiger partial charge in [0.15, 0.2) is 0 Å². The van der Waals surface area contributed by atoms with Gasteiger partial charge in [0.2, 0.25) is 0 Å². The average molecular weight is 541 g/mol. The molecule has 0 radical (unpaired) electrons.